The Labute approximate surface area is 158 Å². The number of hydrogen-bond acceptors (Lipinski definition) is 4. The van der Waals surface area contributed by atoms with Crippen molar-refractivity contribution in [2.75, 3.05) is 26.7 Å². The van der Waals surface area contributed by atoms with Gasteiger partial charge in [-0.3, -0.25) is 9.48 Å². The number of aryl methyl sites for hydroxylation is 1. The summed E-state index contributed by atoms with van der Waals surface area (Å²) < 4.78 is 1.93. The van der Waals surface area contributed by atoms with Crippen molar-refractivity contribution in [1.29, 1.82) is 0 Å². The zero-order valence-corrected chi connectivity index (χ0v) is 15.7. The summed E-state index contributed by atoms with van der Waals surface area (Å²) in [5.41, 5.74) is 2.56. The summed E-state index contributed by atoms with van der Waals surface area (Å²) in [6, 6.07) is 10.2. The van der Waals surface area contributed by atoms with Crippen molar-refractivity contribution in [3.05, 3.63) is 48.0 Å². The minimum Gasteiger partial charge on any atom is -0.342 e. The van der Waals surface area contributed by atoms with E-state index in [0.717, 1.165) is 55.6 Å². The van der Waals surface area contributed by atoms with E-state index in [1.165, 1.54) is 0 Å². The van der Waals surface area contributed by atoms with Crippen LogP contribution >= 0.6 is 0 Å². The monoisotopic (exact) mass is 366 g/mol. The molecule has 1 saturated heterocycles. The van der Waals surface area contributed by atoms with Crippen LogP contribution in [-0.2, 0) is 6.42 Å². The van der Waals surface area contributed by atoms with E-state index in [-0.39, 0.29) is 5.91 Å². The molecular weight excluding hydrogens is 340 g/mol. The lowest BCUT2D eigenvalue weighted by Gasteiger charge is -2.23. The van der Waals surface area contributed by atoms with Gasteiger partial charge in [-0.1, -0.05) is 12.1 Å². The number of aromatic amines is 1. The molecular formula is C20H26N6O. The molecule has 0 saturated carbocycles. The van der Waals surface area contributed by atoms with E-state index in [1.807, 2.05) is 48.3 Å². The molecule has 1 aliphatic rings. The first-order chi connectivity index (χ1) is 13.2. The maximum absolute atomic E-state index is 12.6. The molecule has 2 aromatic heterocycles. The molecule has 1 amide bonds. The zero-order chi connectivity index (χ0) is 18.6. The average molecular weight is 366 g/mol. The first-order valence-corrected chi connectivity index (χ1v) is 9.65. The number of H-pyrrole nitrogens is 1. The Hall–Kier alpha value is -2.67. The predicted octanol–water partition coefficient (Wildman–Crippen LogP) is 2.39. The third-order valence-electron chi connectivity index (χ3n) is 5.16. The smallest absolute Gasteiger partial charge is 0.274 e. The Morgan fingerprint density at radius 3 is 3.04 bits per heavy atom. The number of piperidine rings is 1. The molecule has 4 rings (SSSR count). The summed E-state index contributed by atoms with van der Waals surface area (Å²) in [6.45, 7) is 2.66. The number of para-hydroxylation sites is 2. The summed E-state index contributed by atoms with van der Waals surface area (Å²) in [5.74, 6) is 0.938. The van der Waals surface area contributed by atoms with Crippen LogP contribution in [0.5, 0.6) is 0 Å². The second-order valence-corrected chi connectivity index (χ2v) is 7.21. The molecule has 27 heavy (non-hydrogen) atoms. The lowest BCUT2D eigenvalue weighted by atomic mass is 10.1. The van der Waals surface area contributed by atoms with Crippen LogP contribution in [-0.4, -0.2) is 57.2 Å². The topological polar surface area (TPSA) is 78.8 Å². The van der Waals surface area contributed by atoms with Gasteiger partial charge in [0.2, 0.25) is 0 Å². The van der Waals surface area contributed by atoms with Gasteiger partial charge in [0.15, 0.2) is 0 Å². The molecule has 1 fully saturated rings. The second kappa shape index (κ2) is 7.92. The highest BCUT2D eigenvalue weighted by Gasteiger charge is 2.19. The minimum atomic E-state index is -0.0258. The molecule has 1 aliphatic heterocycles. The van der Waals surface area contributed by atoms with E-state index in [2.05, 4.69) is 20.4 Å². The number of fused-ring (bicyclic) bond motifs is 1. The number of carbonyl (C=O) groups is 1. The molecule has 1 aromatic carbocycles. The van der Waals surface area contributed by atoms with Gasteiger partial charge in [0.05, 0.1) is 17.1 Å². The molecule has 3 heterocycles. The van der Waals surface area contributed by atoms with Crippen LogP contribution in [0.4, 0.5) is 0 Å². The molecule has 7 heteroatoms. The van der Waals surface area contributed by atoms with Gasteiger partial charge in [-0.25, -0.2) is 4.98 Å². The number of amides is 1. The Morgan fingerprint density at radius 2 is 2.22 bits per heavy atom. The number of nitrogens with one attached hydrogen (secondary N) is 2. The molecule has 7 nitrogen and oxygen atoms in total. The summed E-state index contributed by atoms with van der Waals surface area (Å²) >= 11 is 0. The van der Waals surface area contributed by atoms with Crippen molar-refractivity contribution in [1.82, 2.24) is 30.0 Å². The summed E-state index contributed by atoms with van der Waals surface area (Å²) in [4.78, 5) is 22.3. The molecule has 2 N–H and O–H groups in total. The van der Waals surface area contributed by atoms with Crippen molar-refractivity contribution in [2.45, 2.75) is 31.7 Å². The standard InChI is InChI=1S/C20H26N6O/c1-25(12-5-9-19-22-16-7-2-3-8-17(16)23-19)20(27)18-10-13-26(24-18)15-6-4-11-21-14-15/h2-3,7-8,10,13,15,21H,4-6,9,11-12,14H2,1H3,(H,22,23). The van der Waals surface area contributed by atoms with Gasteiger partial charge in [-0.05, 0) is 44.0 Å². The number of nitrogens with zero attached hydrogens (tertiary/aromatic N) is 4. The van der Waals surface area contributed by atoms with Gasteiger partial charge in [0.25, 0.3) is 5.91 Å². The zero-order valence-electron chi connectivity index (χ0n) is 15.7. The van der Waals surface area contributed by atoms with Gasteiger partial charge in [0.1, 0.15) is 11.5 Å². The summed E-state index contributed by atoms with van der Waals surface area (Å²) in [5, 5.41) is 7.90. The first-order valence-electron chi connectivity index (χ1n) is 9.65. The van der Waals surface area contributed by atoms with Crippen molar-refractivity contribution in [3.63, 3.8) is 0 Å². The van der Waals surface area contributed by atoms with Crippen LogP contribution in [0, 0.1) is 0 Å². The Balaban J connectivity index is 1.30. The van der Waals surface area contributed by atoms with Gasteiger partial charge < -0.3 is 15.2 Å². The molecule has 3 aromatic rings. The fourth-order valence-electron chi connectivity index (χ4n) is 3.62. The summed E-state index contributed by atoms with van der Waals surface area (Å²) in [7, 11) is 1.84. The maximum Gasteiger partial charge on any atom is 0.274 e. The SMILES string of the molecule is CN(CCCc1nc2ccccc2[nH]1)C(=O)c1ccn(C2CCCNC2)n1. The third-order valence-corrected chi connectivity index (χ3v) is 5.16. The lowest BCUT2D eigenvalue weighted by molar-refractivity contribution is 0.0786. The molecule has 0 radical (unpaired) electrons. The average Bonchev–Trinajstić information content (AvgIpc) is 3.35. The Bertz CT molecular complexity index is 875. The Morgan fingerprint density at radius 1 is 1.33 bits per heavy atom. The van der Waals surface area contributed by atoms with Crippen LogP contribution < -0.4 is 5.32 Å². The molecule has 1 unspecified atom stereocenters. The van der Waals surface area contributed by atoms with Crippen molar-refractivity contribution < 1.29 is 4.79 Å². The van der Waals surface area contributed by atoms with Crippen molar-refractivity contribution >= 4 is 16.9 Å². The number of rotatable bonds is 6. The van der Waals surface area contributed by atoms with E-state index < -0.39 is 0 Å². The quantitative estimate of drug-likeness (QED) is 0.702. The van der Waals surface area contributed by atoms with E-state index in [4.69, 9.17) is 0 Å². The van der Waals surface area contributed by atoms with Gasteiger partial charge in [-0.2, -0.15) is 5.10 Å². The molecule has 142 valence electrons. The summed E-state index contributed by atoms with van der Waals surface area (Å²) in [6.07, 6.45) is 5.85. The van der Waals surface area contributed by atoms with Crippen molar-refractivity contribution in [3.8, 4) is 0 Å². The highest BCUT2D eigenvalue weighted by molar-refractivity contribution is 5.92. The van der Waals surface area contributed by atoms with Crippen molar-refractivity contribution in [2.24, 2.45) is 0 Å². The van der Waals surface area contributed by atoms with Gasteiger partial charge >= 0.3 is 0 Å². The van der Waals surface area contributed by atoms with Gasteiger partial charge in [-0.15, -0.1) is 0 Å². The van der Waals surface area contributed by atoms with E-state index in [0.29, 0.717) is 18.3 Å². The molecule has 0 bridgehead atoms. The van der Waals surface area contributed by atoms with Crippen LogP contribution in [0.1, 0.15) is 41.6 Å². The number of aromatic nitrogens is 4. The number of benzene rings is 1. The highest BCUT2D eigenvalue weighted by atomic mass is 16.2. The number of carbonyl (C=O) groups excluding carboxylic acids is 1. The van der Waals surface area contributed by atoms with Gasteiger partial charge in [0, 0.05) is 32.8 Å². The maximum atomic E-state index is 12.6. The third kappa shape index (κ3) is 4.03. The van der Waals surface area contributed by atoms with E-state index in [9.17, 15) is 4.79 Å². The first kappa shape index (κ1) is 17.7. The highest BCUT2D eigenvalue weighted by Crippen LogP contribution is 2.16. The fourth-order valence-corrected chi connectivity index (χ4v) is 3.62. The molecule has 1 atom stereocenters. The van der Waals surface area contributed by atoms with E-state index >= 15 is 0 Å². The predicted molar refractivity (Wildman–Crippen MR) is 105 cm³/mol. The molecule has 0 spiro atoms. The lowest BCUT2D eigenvalue weighted by Crippen LogP contribution is -2.32. The van der Waals surface area contributed by atoms with Crippen LogP contribution in [0.15, 0.2) is 36.5 Å². The second-order valence-electron chi connectivity index (χ2n) is 7.21. The van der Waals surface area contributed by atoms with Crippen LogP contribution in [0.25, 0.3) is 11.0 Å². The van der Waals surface area contributed by atoms with Crippen LogP contribution in [0.3, 0.4) is 0 Å². The normalized spacial score (nSPS) is 17.3. The minimum absolute atomic E-state index is 0.0258. The molecule has 0 aliphatic carbocycles. The number of hydrogen-bond donors (Lipinski definition) is 2. The largest absolute Gasteiger partial charge is 0.342 e. The van der Waals surface area contributed by atoms with Crippen LogP contribution in [0.2, 0.25) is 0 Å². The fraction of sp³-hybridized carbons (Fsp3) is 0.450. The Kier molecular flexibility index (Phi) is 5.20. The number of imidazole rings is 1. The van der Waals surface area contributed by atoms with E-state index in [1.54, 1.807) is 4.90 Å².